The molecule has 0 aliphatic heterocycles. The van der Waals surface area contributed by atoms with E-state index in [4.69, 9.17) is 18.9 Å². The molecular formula is C29H29BrN2O4. The smallest absolute Gasteiger partial charge is 0.175 e. The fourth-order valence-corrected chi connectivity index (χ4v) is 4.46. The summed E-state index contributed by atoms with van der Waals surface area (Å²) >= 11 is 3.65. The lowest BCUT2D eigenvalue weighted by atomic mass is 10.1. The lowest BCUT2D eigenvalue weighted by Gasteiger charge is -2.15. The van der Waals surface area contributed by atoms with Crippen molar-refractivity contribution in [1.82, 2.24) is 5.43 Å². The van der Waals surface area contributed by atoms with E-state index in [1.165, 1.54) is 10.8 Å². The van der Waals surface area contributed by atoms with Crippen LogP contribution in [0.2, 0.25) is 0 Å². The number of halogens is 1. The topological polar surface area (TPSA) is 61.3 Å². The SMILES string of the molecule is CCOc1cc(/C=N/NCc2ccc(OC)c(OC)c2)cc(Br)c1OCc1cccc2ccccc12. The number of rotatable bonds is 11. The molecule has 0 heterocycles. The minimum absolute atomic E-state index is 0.431. The van der Waals surface area contributed by atoms with Gasteiger partial charge in [-0.2, -0.15) is 5.10 Å². The maximum absolute atomic E-state index is 6.24. The Bertz CT molecular complexity index is 1350. The second-order valence-electron chi connectivity index (χ2n) is 7.97. The van der Waals surface area contributed by atoms with E-state index in [2.05, 4.69) is 50.7 Å². The van der Waals surface area contributed by atoms with Crippen LogP contribution in [0.1, 0.15) is 23.6 Å². The third kappa shape index (κ3) is 6.10. The molecule has 1 N–H and O–H groups in total. The van der Waals surface area contributed by atoms with Crippen molar-refractivity contribution in [2.24, 2.45) is 5.10 Å². The van der Waals surface area contributed by atoms with Crippen LogP contribution in [0.5, 0.6) is 23.0 Å². The Kier molecular flexibility index (Phi) is 8.68. The van der Waals surface area contributed by atoms with E-state index < -0.39 is 0 Å². The molecule has 7 heteroatoms. The Hall–Kier alpha value is -3.71. The highest BCUT2D eigenvalue weighted by atomic mass is 79.9. The van der Waals surface area contributed by atoms with E-state index in [9.17, 15) is 0 Å². The standard InChI is InChI=1S/C29H29BrN2O4/c1-4-35-28-16-21(18-32-31-17-20-12-13-26(33-2)27(15-20)34-3)14-25(30)29(28)36-19-23-10-7-9-22-8-5-6-11-24(22)23/h5-16,18,31H,4,17,19H2,1-3H3/b32-18+. The van der Waals surface area contributed by atoms with Gasteiger partial charge in [0.15, 0.2) is 23.0 Å². The molecule has 0 unspecified atom stereocenters. The van der Waals surface area contributed by atoms with E-state index in [1.54, 1.807) is 20.4 Å². The van der Waals surface area contributed by atoms with Crippen molar-refractivity contribution in [2.75, 3.05) is 20.8 Å². The molecule has 4 rings (SSSR count). The summed E-state index contributed by atoms with van der Waals surface area (Å²) in [6, 6.07) is 24.2. The fraction of sp³-hybridized carbons (Fsp3) is 0.207. The summed E-state index contributed by atoms with van der Waals surface area (Å²) < 4.78 is 23.6. The van der Waals surface area contributed by atoms with Crippen LogP contribution in [-0.2, 0) is 13.2 Å². The molecular weight excluding hydrogens is 520 g/mol. The number of nitrogens with one attached hydrogen (secondary N) is 1. The normalized spacial score (nSPS) is 11.0. The first-order valence-electron chi connectivity index (χ1n) is 11.7. The first kappa shape index (κ1) is 25.4. The fourth-order valence-electron chi connectivity index (χ4n) is 3.88. The molecule has 0 spiro atoms. The van der Waals surface area contributed by atoms with E-state index in [-0.39, 0.29) is 0 Å². The molecule has 0 bridgehead atoms. The van der Waals surface area contributed by atoms with Gasteiger partial charge in [0.2, 0.25) is 0 Å². The van der Waals surface area contributed by atoms with Gasteiger partial charge in [0, 0.05) is 0 Å². The van der Waals surface area contributed by atoms with E-state index >= 15 is 0 Å². The van der Waals surface area contributed by atoms with Gasteiger partial charge in [-0.25, -0.2) is 0 Å². The highest BCUT2D eigenvalue weighted by molar-refractivity contribution is 9.10. The van der Waals surface area contributed by atoms with Crippen molar-refractivity contribution in [1.29, 1.82) is 0 Å². The Morgan fingerprint density at radius 2 is 1.67 bits per heavy atom. The summed E-state index contributed by atoms with van der Waals surface area (Å²) in [5.41, 5.74) is 6.10. The van der Waals surface area contributed by atoms with Crippen molar-refractivity contribution in [3.63, 3.8) is 0 Å². The molecule has 0 atom stereocenters. The lowest BCUT2D eigenvalue weighted by molar-refractivity contribution is 0.268. The summed E-state index contributed by atoms with van der Waals surface area (Å²) in [5.74, 6) is 2.71. The number of ether oxygens (including phenoxy) is 4. The predicted octanol–water partition coefficient (Wildman–Crippen LogP) is 6.72. The van der Waals surface area contributed by atoms with Crippen molar-refractivity contribution in [3.05, 3.63) is 94.0 Å². The summed E-state index contributed by atoms with van der Waals surface area (Å²) in [6.07, 6.45) is 1.75. The summed E-state index contributed by atoms with van der Waals surface area (Å²) in [4.78, 5) is 0. The van der Waals surface area contributed by atoms with E-state index in [0.717, 1.165) is 21.2 Å². The monoisotopic (exact) mass is 548 g/mol. The van der Waals surface area contributed by atoms with Crippen molar-refractivity contribution < 1.29 is 18.9 Å². The van der Waals surface area contributed by atoms with Crippen molar-refractivity contribution in [2.45, 2.75) is 20.1 Å². The molecule has 4 aromatic carbocycles. The molecule has 0 saturated heterocycles. The first-order chi connectivity index (χ1) is 17.6. The quantitative estimate of drug-likeness (QED) is 0.166. The maximum atomic E-state index is 6.24. The highest BCUT2D eigenvalue weighted by Gasteiger charge is 2.13. The Morgan fingerprint density at radius 1 is 0.861 bits per heavy atom. The van der Waals surface area contributed by atoms with Gasteiger partial charge in [0.1, 0.15) is 6.61 Å². The van der Waals surface area contributed by atoms with Gasteiger partial charge < -0.3 is 24.4 Å². The minimum atomic E-state index is 0.431. The van der Waals surface area contributed by atoms with Crippen LogP contribution in [0.4, 0.5) is 0 Å². The van der Waals surface area contributed by atoms with Crippen LogP contribution in [0.15, 0.2) is 82.4 Å². The van der Waals surface area contributed by atoms with Gasteiger partial charge >= 0.3 is 0 Å². The number of hydrogen-bond acceptors (Lipinski definition) is 6. The molecule has 36 heavy (non-hydrogen) atoms. The lowest BCUT2D eigenvalue weighted by Crippen LogP contribution is -2.06. The van der Waals surface area contributed by atoms with Gasteiger partial charge in [-0.3, -0.25) is 0 Å². The van der Waals surface area contributed by atoms with Crippen LogP contribution in [0.3, 0.4) is 0 Å². The van der Waals surface area contributed by atoms with Gasteiger partial charge in [0.05, 0.1) is 38.1 Å². The third-order valence-corrected chi connectivity index (χ3v) is 6.21. The zero-order chi connectivity index (χ0) is 25.3. The number of fused-ring (bicyclic) bond motifs is 1. The molecule has 6 nitrogen and oxygen atoms in total. The number of methoxy groups -OCH3 is 2. The highest BCUT2D eigenvalue weighted by Crippen LogP contribution is 2.37. The van der Waals surface area contributed by atoms with Gasteiger partial charge in [-0.05, 0) is 74.6 Å². The number of nitrogens with zero attached hydrogens (tertiary/aromatic N) is 1. The average Bonchev–Trinajstić information content (AvgIpc) is 2.90. The van der Waals surface area contributed by atoms with Crippen LogP contribution in [0, 0.1) is 0 Å². The molecule has 0 aliphatic carbocycles. The van der Waals surface area contributed by atoms with Gasteiger partial charge in [-0.15, -0.1) is 0 Å². The van der Waals surface area contributed by atoms with Crippen molar-refractivity contribution >= 4 is 32.9 Å². The van der Waals surface area contributed by atoms with Crippen LogP contribution >= 0.6 is 15.9 Å². The van der Waals surface area contributed by atoms with Crippen molar-refractivity contribution in [3.8, 4) is 23.0 Å². The second-order valence-corrected chi connectivity index (χ2v) is 8.83. The third-order valence-electron chi connectivity index (χ3n) is 5.62. The molecule has 0 amide bonds. The maximum Gasteiger partial charge on any atom is 0.175 e. The Morgan fingerprint density at radius 3 is 2.47 bits per heavy atom. The summed E-state index contributed by atoms with van der Waals surface area (Å²) in [7, 11) is 3.24. The van der Waals surface area contributed by atoms with Gasteiger partial charge in [-0.1, -0.05) is 48.5 Å². The zero-order valence-corrected chi connectivity index (χ0v) is 22.2. The van der Waals surface area contributed by atoms with Gasteiger partial charge in [0.25, 0.3) is 0 Å². The van der Waals surface area contributed by atoms with E-state index in [0.29, 0.717) is 42.8 Å². The molecule has 0 aliphatic rings. The Labute approximate surface area is 220 Å². The second kappa shape index (κ2) is 12.3. The minimum Gasteiger partial charge on any atom is -0.493 e. The number of hydrogen-bond donors (Lipinski definition) is 1. The molecule has 0 fully saturated rings. The Balaban J connectivity index is 1.45. The summed E-state index contributed by atoms with van der Waals surface area (Å²) in [5, 5.41) is 6.74. The zero-order valence-electron chi connectivity index (χ0n) is 20.6. The predicted molar refractivity (Wildman–Crippen MR) is 148 cm³/mol. The molecule has 0 aromatic heterocycles. The largest absolute Gasteiger partial charge is 0.493 e. The molecule has 0 saturated carbocycles. The number of benzene rings is 4. The number of hydrazone groups is 1. The van der Waals surface area contributed by atoms with Crippen LogP contribution in [0.25, 0.3) is 10.8 Å². The van der Waals surface area contributed by atoms with Crippen LogP contribution < -0.4 is 24.4 Å². The average molecular weight is 549 g/mol. The molecule has 4 aromatic rings. The first-order valence-corrected chi connectivity index (χ1v) is 12.4. The van der Waals surface area contributed by atoms with Crippen LogP contribution in [-0.4, -0.2) is 27.0 Å². The summed E-state index contributed by atoms with van der Waals surface area (Å²) in [6.45, 7) is 3.45. The van der Waals surface area contributed by atoms with E-state index in [1.807, 2.05) is 55.5 Å². The molecule has 0 radical (unpaired) electrons. The molecule has 186 valence electrons.